The van der Waals surface area contributed by atoms with Crippen LogP contribution in [-0.2, 0) is 17.6 Å². The number of nitrogens with two attached hydrogens (primary N) is 1. The number of hydrogen-bond acceptors (Lipinski definition) is 8. The van der Waals surface area contributed by atoms with Crippen LogP contribution in [0.15, 0.2) is 34.3 Å². The van der Waals surface area contributed by atoms with E-state index in [1.807, 2.05) is 24.3 Å². The van der Waals surface area contributed by atoms with Crippen molar-refractivity contribution in [1.82, 2.24) is 9.97 Å². The second-order valence-electron chi connectivity index (χ2n) is 6.56. The molecule has 148 valence electrons. The minimum Gasteiger partial charge on any atom is -0.383 e. The standard InChI is InChI=1S/C20H19N5OS3/c21-9-10-27-15-8-4-2-6-13(15)23-16(26)11-28-20-24-18(22)17-12-5-1-3-7-14(12)29-19(17)25-20/h2,4,6,8H,1,3,5,7,10-11H2,(H,23,26)(H2,22,24,25). The third kappa shape index (κ3) is 4.50. The molecule has 9 heteroatoms. The van der Waals surface area contributed by atoms with E-state index in [4.69, 9.17) is 11.0 Å². The number of aryl methyl sites for hydroxylation is 2. The molecule has 0 atom stereocenters. The van der Waals surface area contributed by atoms with Crippen molar-refractivity contribution < 1.29 is 4.79 Å². The number of nitrogen functional groups attached to an aromatic ring is 1. The molecule has 0 unspecified atom stereocenters. The fourth-order valence-electron chi connectivity index (χ4n) is 3.35. The highest BCUT2D eigenvalue weighted by molar-refractivity contribution is 8.00. The van der Waals surface area contributed by atoms with Crippen LogP contribution in [0.25, 0.3) is 10.2 Å². The number of nitrogens with one attached hydrogen (secondary N) is 1. The number of fused-ring (bicyclic) bond motifs is 3. The summed E-state index contributed by atoms with van der Waals surface area (Å²) in [5.74, 6) is 0.885. The normalized spacial score (nSPS) is 13.1. The lowest BCUT2D eigenvalue weighted by atomic mass is 9.97. The summed E-state index contributed by atoms with van der Waals surface area (Å²) in [7, 11) is 0. The molecule has 3 aromatic rings. The average molecular weight is 442 g/mol. The molecule has 0 radical (unpaired) electrons. The number of anilines is 2. The summed E-state index contributed by atoms with van der Waals surface area (Å²) in [5.41, 5.74) is 8.26. The number of amides is 1. The second-order valence-corrected chi connectivity index (χ2v) is 9.61. The number of nitriles is 1. The van der Waals surface area contributed by atoms with Crippen LogP contribution in [0, 0.1) is 11.3 Å². The van der Waals surface area contributed by atoms with Crippen molar-refractivity contribution in [3.63, 3.8) is 0 Å². The van der Waals surface area contributed by atoms with Gasteiger partial charge in [-0.15, -0.1) is 23.1 Å². The Morgan fingerprint density at radius 1 is 1.24 bits per heavy atom. The molecular formula is C20H19N5OS3. The number of aromatic nitrogens is 2. The Morgan fingerprint density at radius 2 is 2.07 bits per heavy atom. The van der Waals surface area contributed by atoms with Crippen molar-refractivity contribution in [1.29, 1.82) is 5.26 Å². The molecule has 0 fully saturated rings. The zero-order valence-electron chi connectivity index (χ0n) is 15.6. The zero-order valence-corrected chi connectivity index (χ0v) is 18.1. The van der Waals surface area contributed by atoms with Crippen LogP contribution in [0.1, 0.15) is 23.3 Å². The minimum absolute atomic E-state index is 0.146. The van der Waals surface area contributed by atoms with Crippen LogP contribution in [0.2, 0.25) is 0 Å². The molecule has 29 heavy (non-hydrogen) atoms. The first-order chi connectivity index (χ1) is 14.2. The highest BCUT2D eigenvalue weighted by Gasteiger charge is 2.20. The molecule has 2 heterocycles. The van der Waals surface area contributed by atoms with Gasteiger partial charge in [-0.25, -0.2) is 9.97 Å². The third-order valence-corrected chi connectivity index (χ3v) is 7.58. The van der Waals surface area contributed by atoms with Crippen molar-refractivity contribution in [2.24, 2.45) is 0 Å². The summed E-state index contributed by atoms with van der Waals surface area (Å²) in [6.45, 7) is 0. The monoisotopic (exact) mass is 441 g/mol. The number of benzene rings is 1. The summed E-state index contributed by atoms with van der Waals surface area (Å²) in [6, 6.07) is 9.56. The lowest BCUT2D eigenvalue weighted by Gasteiger charge is -2.11. The summed E-state index contributed by atoms with van der Waals surface area (Å²) in [6.07, 6.45) is 4.52. The van der Waals surface area contributed by atoms with Gasteiger partial charge < -0.3 is 11.1 Å². The Kier molecular flexibility index (Phi) is 6.23. The maximum atomic E-state index is 12.4. The Bertz CT molecular complexity index is 1110. The number of thiophene rings is 1. The van der Waals surface area contributed by atoms with Gasteiger partial charge in [-0.1, -0.05) is 23.9 Å². The number of hydrogen-bond donors (Lipinski definition) is 2. The van der Waals surface area contributed by atoms with Crippen LogP contribution < -0.4 is 11.1 Å². The number of carbonyl (C=O) groups is 1. The highest BCUT2D eigenvalue weighted by Crippen LogP contribution is 2.38. The first kappa shape index (κ1) is 20.0. The first-order valence-electron chi connectivity index (χ1n) is 9.25. The van der Waals surface area contributed by atoms with E-state index in [0.29, 0.717) is 22.4 Å². The molecule has 0 spiro atoms. The SMILES string of the molecule is N#CCSc1ccccc1NC(=O)CSc1nc(N)c2c3c(sc2n1)CCCC3. The molecule has 4 rings (SSSR count). The van der Waals surface area contributed by atoms with Crippen molar-refractivity contribution >= 4 is 62.5 Å². The van der Waals surface area contributed by atoms with Crippen molar-refractivity contribution in [3.05, 3.63) is 34.7 Å². The van der Waals surface area contributed by atoms with Gasteiger partial charge in [0.15, 0.2) is 5.16 Å². The predicted molar refractivity (Wildman–Crippen MR) is 121 cm³/mol. The maximum absolute atomic E-state index is 12.4. The number of rotatable bonds is 6. The minimum atomic E-state index is -0.146. The predicted octanol–water partition coefficient (Wildman–Crippen LogP) is 4.50. The van der Waals surface area contributed by atoms with Crippen LogP contribution in [0.3, 0.4) is 0 Å². The summed E-state index contributed by atoms with van der Waals surface area (Å²) in [5, 5.41) is 13.2. The Hall–Kier alpha value is -2.28. The van der Waals surface area contributed by atoms with E-state index in [1.54, 1.807) is 11.3 Å². The average Bonchev–Trinajstić information content (AvgIpc) is 3.10. The van der Waals surface area contributed by atoms with E-state index in [0.717, 1.165) is 28.0 Å². The van der Waals surface area contributed by atoms with Crippen LogP contribution in [-0.4, -0.2) is 27.4 Å². The van der Waals surface area contributed by atoms with E-state index < -0.39 is 0 Å². The molecule has 1 aliphatic carbocycles. The zero-order chi connectivity index (χ0) is 20.2. The number of nitrogens with zero attached hydrogens (tertiary/aromatic N) is 3. The van der Waals surface area contributed by atoms with Crippen molar-refractivity contribution in [3.8, 4) is 6.07 Å². The molecule has 2 aromatic heterocycles. The van der Waals surface area contributed by atoms with Gasteiger partial charge in [-0.05, 0) is 43.4 Å². The van der Waals surface area contributed by atoms with Gasteiger partial charge in [0, 0.05) is 9.77 Å². The van der Waals surface area contributed by atoms with Crippen LogP contribution >= 0.6 is 34.9 Å². The van der Waals surface area contributed by atoms with Gasteiger partial charge in [-0.3, -0.25) is 4.79 Å². The van der Waals surface area contributed by atoms with Crippen molar-refractivity contribution in [2.75, 3.05) is 22.6 Å². The van der Waals surface area contributed by atoms with Crippen LogP contribution in [0.4, 0.5) is 11.5 Å². The van der Waals surface area contributed by atoms with E-state index in [2.05, 4.69) is 21.4 Å². The fraction of sp³-hybridized carbons (Fsp3) is 0.300. The summed E-state index contributed by atoms with van der Waals surface area (Å²) in [4.78, 5) is 24.7. The number of para-hydroxylation sites is 1. The Labute approximate surface area is 181 Å². The fourth-order valence-corrected chi connectivity index (χ4v) is 6.00. The van der Waals surface area contributed by atoms with Gasteiger partial charge in [0.1, 0.15) is 10.6 Å². The lowest BCUT2D eigenvalue weighted by molar-refractivity contribution is -0.113. The second kappa shape index (κ2) is 9.03. The molecule has 0 saturated carbocycles. The lowest BCUT2D eigenvalue weighted by Crippen LogP contribution is -2.15. The molecule has 1 aliphatic rings. The van der Waals surface area contributed by atoms with E-state index in [9.17, 15) is 4.79 Å². The topological polar surface area (TPSA) is 105 Å². The summed E-state index contributed by atoms with van der Waals surface area (Å²) >= 11 is 4.38. The molecule has 1 amide bonds. The maximum Gasteiger partial charge on any atom is 0.234 e. The molecule has 0 bridgehead atoms. The smallest absolute Gasteiger partial charge is 0.234 e. The van der Waals surface area contributed by atoms with Crippen molar-refractivity contribution in [2.45, 2.75) is 35.7 Å². The summed E-state index contributed by atoms with van der Waals surface area (Å²) < 4.78 is 0. The molecular weight excluding hydrogens is 422 g/mol. The molecule has 0 saturated heterocycles. The van der Waals surface area contributed by atoms with E-state index >= 15 is 0 Å². The van der Waals surface area contributed by atoms with Gasteiger partial charge in [0.05, 0.1) is 28.6 Å². The van der Waals surface area contributed by atoms with Gasteiger partial charge >= 0.3 is 0 Å². The van der Waals surface area contributed by atoms with Gasteiger partial charge in [0.2, 0.25) is 5.91 Å². The van der Waals surface area contributed by atoms with E-state index in [-0.39, 0.29) is 11.7 Å². The molecule has 3 N–H and O–H groups in total. The largest absolute Gasteiger partial charge is 0.383 e. The number of carbonyl (C=O) groups excluding carboxylic acids is 1. The molecule has 6 nitrogen and oxygen atoms in total. The van der Waals surface area contributed by atoms with Crippen LogP contribution in [0.5, 0.6) is 0 Å². The highest BCUT2D eigenvalue weighted by atomic mass is 32.2. The van der Waals surface area contributed by atoms with Gasteiger partial charge in [0.25, 0.3) is 0 Å². The number of thioether (sulfide) groups is 2. The molecule has 1 aromatic carbocycles. The Balaban J connectivity index is 1.45. The quantitative estimate of drug-likeness (QED) is 0.429. The Morgan fingerprint density at radius 3 is 2.93 bits per heavy atom. The van der Waals surface area contributed by atoms with E-state index in [1.165, 1.54) is 46.8 Å². The molecule has 0 aliphatic heterocycles. The van der Waals surface area contributed by atoms with Gasteiger partial charge in [-0.2, -0.15) is 5.26 Å². The third-order valence-electron chi connectivity index (χ3n) is 4.61. The first-order valence-corrected chi connectivity index (χ1v) is 12.0.